The highest BCUT2D eigenvalue weighted by atomic mass is 32.2. The molecule has 3 N–H and O–H groups in total. The van der Waals surface area contributed by atoms with Gasteiger partial charge in [-0.3, -0.25) is 4.79 Å². The van der Waals surface area contributed by atoms with Gasteiger partial charge >= 0.3 is 0 Å². The van der Waals surface area contributed by atoms with Crippen LogP contribution >= 0.6 is 11.3 Å². The van der Waals surface area contributed by atoms with Gasteiger partial charge in [-0.05, 0) is 19.4 Å². The highest BCUT2D eigenvalue weighted by Gasteiger charge is 2.22. The number of carbonyl (C=O) groups excluding carboxylic acids is 1. The zero-order valence-electron chi connectivity index (χ0n) is 11.0. The normalized spacial score (nSPS) is 19.8. The summed E-state index contributed by atoms with van der Waals surface area (Å²) in [6.07, 6.45) is 3.18. The molecule has 0 bridgehead atoms. The van der Waals surface area contributed by atoms with Gasteiger partial charge in [-0.25, -0.2) is 13.1 Å². The fourth-order valence-corrected chi connectivity index (χ4v) is 3.96. The molecule has 1 amide bonds. The molecule has 0 radical (unpaired) electrons. The molecule has 0 aromatic carbocycles. The van der Waals surface area contributed by atoms with Crippen molar-refractivity contribution < 1.29 is 13.2 Å². The Morgan fingerprint density at radius 3 is 2.90 bits per heavy atom. The number of sulfonamides is 1. The molecular weight excluding hydrogens is 302 g/mol. The monoisotopic (exact) mass is 319 g/mol. The summed E-state index contributed by atoms with van der Waals surface area (Å²) < 4.78 is 26.4. The van der Waals surface area contributed by atoms with Gasteiger partial charge in [0.15, 0.2) is 0 Å². The van der Waals surface area contributed by atoms with E-state index in [0.29, 0.717) is 6.54 Å². The lowest BCUT2D eigenvalue weighted by Crippen LogP contribution is -2.43. The minimum Gasteiger partial charge on any atom is -0.313 e. The molecule has 0 spiro atoms. The molecule has 20 heavy (non-hydrogen) atoms. The third-order valence-electron chi connectivity index (χ3n) is 2.85. The number of amides is 1. The summed E-state index contributed by atoms with van der Waals surface area (Å²) in [5, 5.41) is 13.0. The van der Waals surface area contributed by atoms with Crippen LogP contribution in [-0.2, 0) is 14.8 Å². The van der Waals surface area contributed by atoms with E-state index >= 15 is 0 Å². The number of rotatable bonds is 5. The molecule has 0 aliphatic carbocycles. The van der Waals surface area contributed by atoms with E-state index in [0.717, 1.165) is 37.1 Å². The Balaban J connectivity index is 1.95. The lowest BCUT2D eigenvalue weighted by atomic mass is 10.1. The van der Waals surface area contributed by atoms with Crippen molar-refractivity contribution >= 4 is 32.4 Å². The second-order valence-electron chi connectivity index (χ2n) is 4.55. The minimum absolute atomic E-state index is 0.142. The molecule has 1 aliphatic heterocycles. The lowest BCUT2D eigenvalue weighted by molar-refractivity contribution is -0.114. The number of hydrogen-bond donors (Lipinski definition) is 3. The van der Waals surface area contributed by atoms with Gasteiger partial charge in [0, 0.05) is 19.5 Å². The van der Waals surface area contributed by atoms with Crippen molar-refractivity contribution in [2.45, 2.75) is 36.6 Å². The van der Waals surface area contributed by atoms with Crippen LogP contribution in [0.15, 0.2) is 4.34 Å². The number of nitrogens with zero attached hydrogens (tertiary/aromatic N) is 2. The molecule has 2 heterocycles. The predicted molar refractivity (Wildman–Crippen MR) is 75.0 cm³/mol. The van der Waals surface area contributed by atoms with Crippen LogP contribution in [0, 0.1) is 0 Å². The Labute approximate surface area is 121 Å². The molecule has 1 fully saturated rings. The van der Waals surface area contributed by atoms with Gasteiger partial charge in [0.25, 0.3) is 10.0 Å². The first kappa shape index (κ1) is 15.3. The number of anilines is 1. The average Bonchev–Trinajstić information content (AvgIpc) is 2.86. The quantitative estimate of drug-likeness (QED) is 0.654. The maximum absolute atomic E-state index is 12.0. The highest BCUT2D eigenvalue weighted by Crippen LogP contribution is 2.19. The van der Waals surface area contributed by atoms with Gasteiger partial charge in [-0.2, -0.15) is 0 Å². The van der Waals surface area contributed by atoms with E-state index in [1.54, 1.807) is 0 Å². The van der Waals surface area contributed by atoms with Crippen LogP contribution in [0.5, 0.6) is 0 Å². The number of piperidine rings is 1. The lowest BCUT2D eigenvalue weighted by Gasteiger charge is -2.23. The Morgan fingerprint density at radius 2 is 2.25 bits per heavy atom. The largest absolute Gasteiger partial charge is 0.313 e. The average molecular weight is 319 g/mol. The first-order valence-corrected chi connectivity index (χ1v) is 8.61. The van der Waals surface area contributed by atoms with Crippen LogP contribution in [0.4, 0.5) is 5.13 Å². The van der Waals surface area contributed by atoms with Crippen LogP contribution in [-0.4, -0.2) is 43.7 Å². The van der Waals surface area contributed by atoms with E-state index < -0.39 is 10.0 Å². The molecule has 10 heteroatoms. The van der Waals surface area contributed by atoms with E-state index in [1.165, 1.54) is 6.92 Å². The first-order valence-electron chi connectivity index (χ1n) is 6.31. The summed E-state index contributed by atoms with van der Waals surface area (Å²) in [6, 6.07) is 0.154. The Hall–Kier alpha value is -1.10. The SMILES string of the molecule is CC(=O)Nc1nnc(S(=O)(=O)NCC2CCCCN2)s1. The van der Waals surface area contributed by atoms with E-state index in [9.17, 15) is 13.2 Å². The maximum atomic E-state index is 12.0. The summed E-state index contributed by atoms with van der Waals surface area (Å²) >= 11 is 0.830. The van der Waals surface area contributed by atoms with E-state index in [4.69, 9.17) is 0 Å². The smallest absolute Gasteiger partial charge is 0.269 e. The van der Waals surface area contributed by atoms with Crippen LogP contribution in [0.25, 0.3) is 0 Å². The number of aromatic nitrogens is 2. The summed E-state index contributed by atoms with van der Waals surface area (Å²) in [5.74, 6) is -0.315. The maximum Gasteiger partial charge on any atom is 0.269 e. The van der Waals surface area contributed by atoms with Gasteiger partial charge < -0.3 is 10.6 Å². The molecule has 2 rings (SSSR count). The number of hydrogen-bond acceptors (Lipinski definition) is 7. The van der Waals surface area contributed by atoms with Gasteiger partial charge in [-0.1, -0.05) is 17.8 Å². The Morgan fingerprint density at radius 1 is 1.45 bits per heavy atom. The van der Waals surface area contributed by atoms with Gasteiger partial charge in [-0.15, -0.1) is 10.2 Å². The second-order valence-corrected chi connectivity index (χ2v) is 7.47. The predicted octanol–water partition coefficient (Wildman–Crippen LogP) is -0.0831. The standard InChI is InChI=1S/C10H17N5O3S2/c1-7(16)13-9-14-15-10(19-9)20(17,18)12-6-8-4-2-3-5-11-8/h8,11-12H,2-6H2,1H3,(H,13,14,16). The molecule has 1 aromatic rings. The molecule has 112 valence electrons. The molecule has 1 atom stereocenters. The van der Waals surface area contributed by atoms with Crippen LogP contribution in [0.1, 0.15) is 26.2 Å². The van der Waals surface area contributed by atoms with Gasteiger partial charge in [0.05, 0.1) is 0 Å². The van der Waals surface area contributed by atoms with Crippen molar-refractivity contribution in [3.05, 3.63) is 0 Å². The van der Waals surface area contributed by atoms with Gasteiger partial charge in [0.2, 0.25) is 15.4 Å². The third-order valence-corrected chi connectivity index (χ3v) is 5.48. The van der Waals surface area contributed by atoms with Crippen molar-refractivity contribution in [2.24, 2.45) is 0 Å². The van der Waals surface area contributed by atoms with Crippen LogP contribution < -0.4 is 15.4 Å². The Kier molecular flexibility index (Phi) is 5.02. The zero-order valence-corrected chi connectivity index (χ0v) is 12.7. The third kappa shape index (κ3) is 4.20. The summed E-state index contributed by atoms with van der Waals surface area (Å²) in [5.41, 5.74) is 0. The fraction of sp³-hybridized carbons (Fsp3) is 0.700. The minimum atomic E-state index is -3.67. The van der Waals surface area contributed by atoms with Crippen molar-refractivity contribution in [3.8, 4) is 0 Å². The molecular formula is C10H17N5O3S2. The zero-order chi connectivity index (χ0) is 14.6. The van der Waals surface area contributed by atoms with Crippen molar-refractivity contribution in [1.29, 1.82) is 0 Å². The molecule has 1 aromatic heterocycles. The second kappa shape index (κ2) is 6.57. The van der Waals surface area contributed by atoms with Crippen molar-refractivity contribution in [1.82, 2.24) is 20.2 Å². The molecule has 0 saturated carbocycles. The summed E-state index contributed by atoms with van der Waals surface area (Å²) in [4.78, 5) is 10.9. The first-order chi connectivity index (χ1) is 9.47. The summed E-state index contributed by atoms with van der Waals surface area (Å²) in [6.45, 7) is 2.57. The van der Waals surface area contributed by atoms with Crippen molar-refractivity contribution in [2.75, 3.05) is 18.4 Å². The van der Waals surface area contributed by atoms with E-state index in [2.05, 4.69) is 25.6 Å². The molecule has 1 aliphatic rings. The molecule has 1 saturated heterocycles. The molecule has 8 nitrogen and oxygen atoms in total. The van der Waals surface area contributed by atoms with E-state index in [-0.39, 0.29) is 21.4 Å². The van der Waals surface area contributed by atoms with E-state index in [1.807, 2.05) is 0 Å². The molecule has 1 unspecified atom stereocenters. The number of nitrogens with one attached hydrogen (secondary N) is 3. The number of carbonyl (C=O) groups is 1. The Bertz CT molecular complexity index is 565. The van der Waals surface area contributed by atoms with Crippen LogP contribution in [0.3, 0.4) is 0 Å². The highest BCUT2D eigenvalue weighted by molar-refractivity contribution is 7.91. The topological polar surface area (TPSA) is 113 Å². The fourth-order valence-electron chi connectivity index (χ4n) is 1.89. The van der Waals surface area contributed by atoms with Crippen LogP contribution in [0.2, 0.25) is 0 Å². The van der Waals surface area contributed by atoms with Crippen molar-refractivity contribution in [3.63, 3.8) is 0 Å². The van der Waals surface area contributed by atoms with Gasteiger partial charge in [0.1, 0.15) is 0 Å². The summed E-state index contributed by atoms with van der Waals surface area (Å²) in [7, 11) is -3.67.